The Balaban J connectivity index is 1.71. The summed E-state index contributed by atoms with van der Waals surface area (Å²) in [6.45, 7) is 4.96. The van der Waals surface area contributed by atoms with Crippen molar-refractivity contribution in [2.24, 2.45) is 0 Å². The third-order valence-electron chi connectivity index (χ3n) is 5.14. The molecule has 0 bridgehead atoms. The second-order valence-corrected chi connectivity index (χ2v) is 8.06. The van der Waals surface area contributed by atoms with E-state index in [-0.39, 0.29) is 18.0 Å². The monoisotopic (exact) mass is 415 g/mol. The van der Waals surface area contributed by atoms with Crippen molar-refractivity contribution in [2.75, 3.05) is 19.8 Å². The Hall–Kier alpha value is -2.29. The normalized spacial score (nSPS) is 13.9. The molecular weight excluding hydrogens is 390 g/mol. The highest BCUT2D eigenvalue weighted by Crippen LogP contribution is 2.34. The van der Waals surface area contributed by atoms with E-state index in [9.17, 15) is 9.59 Å². The van der Waals surface area contributed by atoms with Crippen LogP contribution in [0.1, 0.15) is 47.5 Å². The number of fused-ring (bicyclic) bond motifs is 4. The molecule has 0 aliphatic heterocycles. The van der Waals surface area contributed by atoms with E-state index in [1.807, 2.05) is 13.8 Å². The van der Waals surface area contributed by atoms with Crippen LogP contribution in [0.3, 0.4) is 0 Å². The van der Waals surface area contributed by atoms with Crippen LogP contribution in [0.4, 0.5) is 0 Å². The van der Waals surface area contributed by atoms with Crippen LogP contribution in [0.5, 0.6) is 0 Å². The quantitative estimate of drug-likeness (QED) is 0.600. The first-order chi connectivity index (χ1) is 14.1. The average Bonchev–Trinajstić information content (AvgIpc) is 3.10. The van der Waals surface area contributed by atoms with E-state index in [0.29, 0.717) is 29.8 Å². The lowest BCUT2D eigenvalue weighted by Crippen LogP contribution is -2.36. The molecule has 29 heavy (non-hydrogen) atoms. The maximum atomic E-state index is 13.2. The Morgan fingerprint density at radius 1 is 1.28 bits per heavy atom. The summed E-state index contributed by atoms with van der Waals surface area (Å²) in [5, 5.41) is 3.55. The molecule has 154 valence electrons. The molecule has 0 unspecified atom stereocenters. The molecular formula is C21H25N3O4S. The van der Waals surface area contributed by atoms with E-state index in [2.05, 4.69) is 5.32 Å². The van der Waals surface area contributed by atoms with Gasteiger partial charge in [-0.05, 0) is 57.2 Å². The topological polar surface area (TPSA) is 81.9 Å². The van der Waals surface area contributed by atoms with Crippen molar-refractivity contribution >= 4 is 33.1 Å². The van der Waals surface area contributed by atoms with Crippen molar-refractivity contribution in [3.63, 3.8) is 0 Å². The molecule has 0 aromatic carbocycles. The van der Waals surface area contributed by atoms with Gasteiger partial charge in [-0.3, -0.25) is 14.0 Å². The van der Waals surface area contributed by atoms with Crippen molar-refractivity contribution in [1.29, 1.82) is 0 Å². The van der Waals surface area contributed by atoms with E-state index in [1.165, 1.54) is 9.28 Å². The van der Waals surface area contributed by atoms with Gasteiger partial charge in [0.05, 0.1) is 17.5 Å². The number of aryl methyl sites for hydroxylation is 2. The molecule has 1 N–H and O–H groups in total. The number of hydrogen-bond acceptors (Lipinski definition) is 6. The number of rotatable bonds is 7. The molecule has 0 atom stereocenters. The van der Waals surface area contributed by atoms with Gasteiger partial charge in [-0.2, -0.15) is 0 Å². The first-order valence-electron chi connectivity index (χ1n) is 10.1. The SMILES string of the molecule is CCOC(CNC(=O)c1cccn2c(=O)c3c4c(sc3nc12)CCCC4)OCC. The average molecular weight is 416 g/mol. The van der Waals surface area contributed by atoms with Gasteiger partial charge in [0.15, 0.2) is 11.9 Å². The standard InChI is InChI=1S/C21H25N3O4S/c1-3-27-16(28-4-2)12-22-19(25)14-9-7-11-24-18(14)23-20-17(21(24)26)13-8-5-6-10-15(13)29-20/h7,9,11,16H,3-6,8,10,12H2,1-2H3,(H,22,25). The van der Waals surface area contributed by atoms with Gasteiger partial charge < -0.3 is 14.8 Å². The first kappa shape index (κ1) is 20.0. The predicted octanol–water partition coefficient (Wildman–Crippen LogP) is 2.92. The van der Waals surface area contributed by atoms with Crippen LogP contribution in [0.2, 0.25) is 0 Å². The third kappa shape index (κ3) is 3.80. The van der Waals surface area contributed by atoms with Crippen molar-refractivity contribution < 1.29 is 14.3 Å². The molecule has 0 saturated carbocycles. The van der Waals surface area contributed by atoms with Crippen LogP contribution in [-0.2, 0) is 22.3 Å². The number of thiophene rings is 1. The highest BCUT2D eigenvalue weighted by molar-refractivity contribution is 7.18. The lowest BCUT2D eigenvalue weighted by Gasteiger charge is -2.17. The summed E-state index contributed by atoms with van der Waals surface area (Å²) in [6, 6.07) is 3.39. The van der Waals surface area contributed by atoms with Gasteiger partial charge >= 0.3 is 0 Å². The number of nitrogens with one attached hydrogen (secondary N) is 1. The van der Waals surface area contributed by atoms with E-state index in [4.69, 9.17) is 14.5 Å². The summed E-state index contributed by atoms with van der Waals surface area (Å²) < 4.78 is 12.4. The van der Waals surface area contributed by atoms with E-state index in [1.54, 1.807) is 29.7 Å². The summed E-state index contributed by atoms with van der Waals surface area (Å²) in [5.41, 5.74) is 1.80. The number of aromatic nitrogens is 2. The fraction of sp³-hybridized carbons (Fsp3) is 0.476. The molecule has 1 amide bonds. The first-order valence-corrected chi connectivity index (χ1v) is 10.9. The van der Waals surface area contributed by atoms with Gasteiger partial charge in [-0.25, -0.2) is 4.98 Å². The Kier molecular flexibility index (Phi) is 5.94. The van der Waals surface area contributed by atoms with Crippen LogP contribution in [-0.4, -0.2) is 41.3 Å². The molecule has 0 fully saturated rings. The number of pyridine rings is 1. The second-order valence-electron chi connectivity index (χ2n) is 6.97. The van der Waals surface area contributed by atoms with E-state index >= 15 is 0 Å². The maximum Gasteiger partial charge on any atom is 0.266 e. The fourth-order valence-corrected chi connectivity index (χ4v) is 5.08. The number of carbonyl (C=O) groups excluding carboxylic acids is 1. The summed E-state index contributed by atoms with van der Waals surface area (Å²) >= 11 is 1.58. The van der Waals surface area contributed by atoms with Crippen molar-refractivity contribution in [3.05, 3.63) is 44.7 Å². The molecule has 1 aliphatic rings. The van der Waals surface area contributed by atoms with Crippen LogP contribution in [0.15, 0.2) is 23.1 Å². The number of hydrogen-bond donors (Lipinski definition) is 1. The maximum absolute atomic E-state index is 13.2. The molecule has 3 aromatic rings. The number of carbonyl (C=O) groups is 1. The molecule has 1 aliphatic carbocycles. The Morgan fingerprint density at radius 2 is 2.03 bits per heavy atom. The summed E-state index contributed by atoms with van der Waals surface area (Å²) in [7, 11) is 0. The molecule has 7 nitrogen and oxygen atoms in total. The molecule has 0 saturated heterocycles. The Bertz CT molecular complexity index is 1100. The van der Waals surface area contributed by atoms with Crippen molar-refractivity contribution in [1.82, 2.24) is 14.7 Å². The fourth-order valence-electron chi connectivity index (χ4n) is 3.83. The summed E-state index contributed by atoms with van der Waals surface area (Å²) in [6.07, 6.45) is 5.35. The number of ether oxygens (including phenoxy) is 2. The smallest absolute Gasteiger partial charge is 0.266 e. The minimum Gasteiger partial charge on any atom is -0.351 e. The van der Waals surface area contributed by atoms with Crippen LogP contribution < -0.4 is 10.9 Å². The second kappa shape index (κ2) is 8.61. The molecule has 0 radical (unpaired) electrons. The van der Waals surface area contributed by atoms with Gasteiger partial charge in [0.2, 0.25) is 0 Å². The molecule has 0 spiro atoms. The zero-order chi connectivity index (χ0) is 20.4. The largest absolute Gasteiger partial charge is 0.351 e. The van der Waals surface area contributed by atoms with Crippen molar-refractivity contribution in [2.45, 2.75) is 45.8 Å². The molecule has 3 heterocycles. The van der Waals surface area contributed by atoms with Crippen LogP contribution in [0, 0.1) is 0 Å². The highest BCUT2D eigenvalue weighted by atomic mass is 32.1. The van der Waals surface area contributed by atoms with E-state index < -0.39 is 6.29 Å². The van der Waals surface area contributed by atoms with E-state index in [0.717, 1.165) is 36.1 Å². The van der Waals surface area contributed by atoms with Crippen LogP contribution >= 0.6 is 11.3 Å². The third-order valence-corrected chi connectivity index (χ3v) is 6.32. The zero-order valence-electron chi connectivity index (χ0n) is 16.7. The zero-order valence-corrected chi connectivity index (χ0v) is 17.5. The lowest BCUT2D eigenvalue weighted by molar-refractivity contribution is -0.131. The van der Waals surface area contributed by atoms with Gasteiger partial charge in [0.25, 0.3) is 11.5 Å². The highest BCUT2D eigenvalue weighted by Gasteiger charge is 2.22. The van der Waals surface area contributed by atoms with Gasteiger partial charge in [0.1, 0.15) is 4.83 Å². The van der Waals surface area contributed by atoms with Crippen LogP contribution in [0.25, 0.3) is 15.9 Å². The summed E-state index contributed by atoms with van der Waals surface area (Å²) in [4.78, 5) is 32.7. The molecule has 3 aromatic heterocycles. The van der Waals surface area contributed by atoms with Gasteiger partial charge in [0, 0.05) is 24.3 Å². The molecule has 8 heteroatoms. The number of amides is 1. The predicted molar refractivity (Wildman–Crippen MR) is 113 cm³/mol. The summed E-state index contributed by atoms with van der Waals surface area (Å²) in [5.74, 6) is -0.305. The lowest BCUT2D eigenvalue weighted by atomic mass is 9.97. The Morgan fingerprint density at radius 3 is 2.79 bits per heavy atom. The molecule has 4 rings (SSSR count). The minimum atomic E-state index is -0.504. The van der Waals surface area contributed by atoms with Gasteiger partial charge in [-0.1, -0.05) is 0 Å². The number of nitrogens with zero attached hydrogens (tertiary/aromatic N) is 2. The van der Waals surface area contributed by atoms with Crippen molar-refractivity contribution in [3.8, 4) is 0 Å². The van der Waals surface area contributed by atoms with Gasteiger partial charge in [-0.15, -0.1) is 11.3 Å². The Labute approximate surface area is 172 Å². The minimum absolute atomic E-state index is 0.0967.